The molecule has 0 bridgehead atoms. The van der Waals surface area contributed by atoms with Gasteiger partial charge < -0.3 is 0 Å². The van der Waals surface area contributed by atoms with Gasteiger partial charge in [-0.2, -0.15) is 8.42 Å². The molecule has 3 nitrogen and oxygen atoms in total. The van der Waals surface area contributed by atoms with E-state index >= 15 is 0 Å². The zero-order chi connectivity index (χ0) is 13.4. The normalized spacial score (nSPS) is 35.1. The van der Waals surface area contributed by atoms with Gasteiger partial charge in [-0.25, -0.2) is 0 Å². The highest BCUT2D eigenvalue weighted by molar-refractivity contribution is 7.89. The lowest BCUT2D eigenvalue weighted by atomic mass is 9.61. The van der Waals surface area contributed by atoms with E-state index in [4.69, 9.17) is 4.18 Å². The van der Waals surface area contributed by atoms with Crippen molar-refractivity contribution in [3.05, 3.63) is 35.8 Å². The Labute approximate surface area is 109 Å². The van der Waals surface area contributed by atoms with Gasteiger partial charge in [0.2, 0.25) is 0 Å². The van der Waals surface area contributed by atoms with Crippen molar-refractivity contribution in [2.75, 3.05) is 6.61 Å². The summed E-state index contributed by atoms with van der Waals surface area (Å²) in [5, 5.41) is 0.861. The molecule has 1 fully saturated rings. The number of allylic oxidation sites excluding steroid dienone is 3. The Hall–Kier alpha value is -0.870. The molecule has 4 heteroatoms. The minimum atomic E-state index is -3.59. The van der Waals surface area contributed by atoms with E-state index in [0.717, 1.165) is 24.7 Å². The van der Waals surface area contributed by atoms with Crippen LogP contribution in [0.25, 0.3) is 0 Å². The van der Waals surface area contributed by atoms with Gasteiger partial charge in [-0.3, -0.25) is 4.18 Å². The van der Waals surface area contributed by atoms with Crippen LogP contribution in [0.4, 0.5) is 0 Å². The summed E-state index contributed by atoms with van der Waals surface area (Å²) in [5.41, 5.74) is 1.17. The minimum absolute atomic E-state index is 0.0777. The van der Waals surface area contributed by atoms with Crippen LogP contribution in [0.15, 0.2) is 35.8 Å². The predicted molar refractivity (Wildman–Crippen MR) is 72.4 cm³/mol. The van der Waals surface area contributed by atoms with Crippen LogP contribution in [-0.2, 0) is 14.3 Å². The van der Waals surface area contributed by atoms with Crippen molar-refractivity contribution in [1.82, 2.24) is 0 Å². The molecule has 0 amide bonds. The van der Waals surface area contributed by atoms with Gasteiger partial charge in [-0.05, 0) is 12.8 Å². The molecule has 0 spiro atoms. The maximum absolute atomic E-state index is 11.4. The zero-order valence-electron chi connectivity index (χ0n) is 11.0. The SMILES string of the molecule is C=CS(=O)(=O)OC[C@]1(C)CCC[C@]2(C)C=CC=C12. The maximum Gasteiger partial charge on any atom is 0.289 e. The first-order valence-corrected chi connectivity index (χ1v) is 7.71. The molecular weight excluding hydrogens is 248 g/mol. The summed E-state index contributed by atoms with van der Waals surface area (Å²) in [6.07, 6.45) is 9.57. The van der Waals surface area contributed by atoms with Gasteiger partial charge >= 0.3 is 0 Å². The first-order chi connectivity index (χ1) is 8.31. The number of hydrogen-bond acceptors (Lipinski definition) is 3. The molecule has 0 radical (unpaired) electrons. The highest BCUT2D eigenvalue weighted by Gasteiger charge is 2.44. The van der Waals surface area contributed by atoms with Crippen LogP contribution in [-0.4, -0.2) is 15.0 Å². The second-order valence-corrected chi connectivity index (χ2v) is 7.25. The van der Waals surface area contributed by atoms with Gasteiger partial charge in [0.25, 0.3) is 10.1 Å². The summed E-state index contributed by atoms with van der Waals surface area (Å²) in [4.78, 5) is 0. The van der Waals surface area contributed by atoms with Gasteiger partial charge in [-0.1, -0.05) is 50.6 Å². The van der Waals surface area contributed by atoms with Crippen molar-refractivity contribution >= 4 is 10.1 Å². The van der Waals surface area contributed by atoms with Crippen LogP contribution >= 0.6 is 0 Å². The van der Waals surface area contributed by atoms with Crippen molar-refractivity contribution in [1.29, 1.82) is 0 Å². The highest BCUT2D eigenvalue weighted by Crippen LogP contribution is 2.53. The summed E-state index contributed by atoms with van der Waals surface area (Å²) in [6.45, 7) is 7.75. The van der Waals surface area contributed by atoms with Crippen LogP contribution < -0.4 is 0 Å². The van der Waals surface area contributed by atoms with E-state index in [9.17, 15) is 8.42 Å². The Morgan fingerprint density at radius 2 is 2.17 bits per heavy atom. The van der Waals surface area contributed by atoms with E-state index in [1.54, 1.807) is 0 Å². The van der Waals surface area contributed by atoms with Crippen LogP contribution in [0.5, 0.6) is 0 Å². The molecule has 0 aromatic heterocycles. The Bertz CT molecular complexity index is 515. The number of rotatable bonds is 4. The van der Waals surface area contributed by atoms with E-state index in [2.05, 4.69) is 38.7 Å². The molecule has 2 rings (SSSR count). The molecule has 0 aromatic rings. The lowest BCUT2D eigenvalue weighted by Crippen LogP contribution is -2.37. The van der Waals surface area contributed by atoms with Gasteiger partial charge in [0, 0.05) is 10.8 Å². The molecule has 0 saturated heterocycles. The van der Waals surface area contributed by atoms with E-state index in [1.165, 1.54) is 5.57 Å². The predicted octanol–water partition coefficient (Wildman–Crippen LogP) is 3.17. The fourth-order valence-corrected chi connectivity index (χ4v) is 3.66. The summed E-state index contributed by atoms with van der Waals surface area (Å²) < 4.78 is 27.8. The summed E-state index contributed by atoms with van der Waals surface area (Å²) in [5.74, 6) is 0. The second-order valence-electron chi connectivity index (χ2n) is 5.69. The molecule has 100 valence electrons. The summed E-state index contributed by atoms with van der Waals surface area (Å²) in [6, 6.07) is 0. The van der Waals surface area contributed by atoms with Crippen LogP contribution in [0.2, 0.25) is 0 Å². The number of hydrogen-bond donors (Lipinski definition) is 0. The van der Waals surface area contributed by atoms with Crippen LogP contribution in [0.3, 0.4) is 0 Å². The largest absolute Gasteiger partial charge is 0.289 e. The topological polar surface area (TPSA) is 43.4 Å². The highest BCUT2D eigenvalue weighted by atomic mass is 32.2. The van der Waals surface area contributed by atoms with Gasteiger partial charge in [0.15, 0.2) is 0 Å². The quantitative estimate of drug-likeness (QED) is 0.736. The molecule has 2 aliphatic rings. The first-order valence-electron chi connectivity index (χ1n) is 6.24. The van der Waals surface area contributed by atoms with Crippen molar-refractivity contribution in [2.45, 2.75) is 33.1 Å². The standard InChI is InChI=1S/C14H20O3S/c1-4-18(15,16)17-11-14(3)10-6-9-13(2)8-5-7-12(13)14/h4-5,7-8H,1,6,9-11H2,2-3H3/t13-,14-/m0/s1. The van der Waals surface area contributed by atoms with Crippen molar-refractivity contribution < 1.29 is 12.6 Å². The molecule has 0 aliphatic heterocycles. The first kappa shape index (κ1) is 13.6. The lowest BCUT2D eigenvalue weighted by Gasteiger charge is -2.44. The van der Waals surface area contributed by atoms with Gasteiger partial charge in [-0.15, -0.1) is 0 Å². The number of fused-ring (bicyclic) bond motifs is 1. The molecule has 18 heavy (non-hydrogen) atoms. The van der Waals surface area contributed by atoms with Gasteiger partial charge in [0.05, 0.1) is 12.0 Å². The van der Waals surface area contributed by atoms with E-state index in [0.29, 0.717) is 0 Å². The molecule has 2 aliphatic carbocycles. The Morgan fingerprint density at radius 1 is 1.44 bits per heavy atom. The Kier molecular flexibility index (Phi) is 3.28. The van der Waals surface area contributed by atoms with E-state index < -0.39 is 10.1 Å². The molecule has 0 heterocycles. The third-order valence-corrected chi connectivity index (χ3v) is 5.02. The van der Waals surface area contributed by atoms with Gasteiger partial charge in [0.1, 0.15) is 0 Å². The fourth-order valence-electron chi connectivity index (χ4n) is 3.14. The summed E-state index contributed by atoms with van der Waals surface area (Å²) >= 11 is 0. The maximum atomic E-state index is 11.4. The molecule has 0 unspecified atom stereocenters. The minimum Gasteiger partial charge on any atom is -0.266 e. The van der Waals surface area contributed by atoms with E-state index in [1.807, 2.05) is 0 Å². The average Bonchev–Trinajstić information content (AvgIpc) is 2.71. The fraction of sp³-hybridized carbons (Fsp3) is 0.571. The molecule has 1 saturated carbocycles. The monoisotopic (exact) mass is 268 g/mol. The smallest absolute Gasteiger partial charge is 0.266 e. The zero-order valence-corrected chi connectivity index (χ0v) is 11.8. The average molecular weight is 268 g/mol. The van der Waals surface area contributed by atoms with Crippen molar-refractivity contribution in [2.24, 2.45) is 10.8 Å². The molecule has 0 aromatic carbocycles. The second kappa shape index (κ2) is 4.35. The van der Waals surface area contributed by atoms with Crippen molar-refractivity contribution in [3.8, 4) is 0 Å². The molecule has 2 atom stereocenters. The molecule has 0 N–H and O–H groups in total. The Balaban J connectivity index is 2.19. The molecular formula is C14H20O3S. The third-order valence-electron chi connectivity index (χ3n) is 4.16. The Morgan fingerprint density at radius 3 is 2.83 bits per heavy atom. The van der Waals surface area contributed by atoms with Crippen LogP contribution in [0, 0.1) is 10.8 Å². The van der Waals surface area contributed by atoms with E-state index in [-0.39, 0.29) is 17.4 Å². The van der Waals surface area contributed by atoms with Crippen molar-refractivity contribution in [3.63, 3.8) is 0 Å². The lowest BCUT2D eigenvalue weighted by molar-refractivity contribution is 0.139. The van der Waals surface area contributed by atoms with Crippen LogP contribution in [0.1, 0.15) is 33.1 Å². The summed E-state index contributed by atoms with van der Waals surface area (Å²) in [7, 11) is -3.59. The third kappa shape index (κ3) is 2.31.